The lowest BCUT2D eigenvalue weighted by Gasteiger charge is -2.55. The zero-order chi connectivity index (χ0) is 33.2. The van der Waals surface area contributed by atoms with Crippen molar-refractivity contribution in [3.8, 4) is 0 Å². The maximum absolute atomic E-state index is 13.1. The lowest BCUT2D eigenvalue weighted by atomic mass is 9.49. The molecule has 48 heavy (non-hydrogen) atoms. The lowest BCUT2D eigenvalue weighted by molar-refractivity contribution is -0.145. The smallest absolute Gasteiger partial charge is 0.310 e. The first-order valence-electron chi connectivity index (χ1n) is 19.6. The molecule has 2 fully saturated rings. The second-order valence-electron chi connectivity index (χ2n) is 15.9. The van der Waals surface area contributed by atoms with Gasteiger partial charge in [0.2, 0.25) is 0 Å². The highest BCUT2D eigenvalue weighted by Gasteiger charge is 2.54. The third kappa shape index (κ3) is 8.27. The van der Waals surface area contributed by atoms with Crippen LogP contribution in [0.1, 0.15) is 107 Å². The number of hydrogen-bond acceptors (Lipinski definition) is 2. The molecule has 2 aromatic carbocycles. The minimum atomic E-state index is -0.670. The van der Waals surface area contributed by atoms with Crippen LogP contribution >= 0.6 is 0 Å². The third-order valence-corrected chi connectivity index (χ3v) is 13.1. The van der Waals surface area contributed by atoms with Gasteiger partial charge in [0.1, 0.15) is 0 Å². The lowest BCUT2D eigenvalue weighted by Crippen LogP contribution is -2.52. The molecule has 0 spiro atoms. The van der Waals surface area contributed by atoms with Crippen LogP contribution in [0.4, 0.5) is 0 Å². The van der Waals surface area contributed by atoms with Crippen molar-refractivity contribution in [3.05, 3.63) is 108 Å². The summed E-state index contributed by atoms with van der Waals surface area (Å²) in [6.45, 7) is 0.579. The fourth-order valence-electron chi connectivity index (χ4n) is 10.6. The topological polar surface area (TPSA) is 63.3 Å². The Labute approximate surface area is 291 Å². The van der Waals surface area contributed by atoms with Gasteiger partial charge in [-0.15, -0.1) is 0 Å². The van der Waals surface area contributed by atoms with Crippen LogP contribution in [0.3, 0.4) is 0 Å². The van der Waals surface area contributed by atoms with Crippen molar-refractivity contribution in [2.75, 3.05) is 6.54 Å². The number of aryl methyl sites for hydroxylation is 1. The van der Waals surface area contributed by atoms with Crippen molar-refractivity contribution < 1.29 is 9.90 Å². The number of carboxylic acids is 1. The Kier molecular flexibility index (Phi) is 12.5. The van der Waals surface area contributed by atoms with Crippen LogP contribution in [0.15, 0.2) is 97.1 Å². The van der Waals surface area contributed by atoms with Gasteiger partial charge in [-0.1, -0.05) is 148 Å². The van der Waals surface area contributed by atoms with Crippen molar-refractivity contribution in [1.82, 2.24) is 0 Å². The molecule has 0 aliphatic heterocycles. The molecule has 4 aliphatic rings. The van der Waals surface area contributed by atoms with Crippen LogP contribution in [0, 0.1) is 47.3 Å². The molecule has 0 heterocycles. The number of allylic oxidation sites excluding steroid dienone is 4. The first kappa shape index (κ1) is 34.9. The third-order valence-electron chi connectivity index (χ3n) is 13.1. The second-order valence-corrected chi connectivity index (χ2v) is 15.9. The zero-order valence-corrected chi connectivity index (χ0v) is 29.3. The van der Waals surface area contributed by atoms with Crippen molar-refractivity contribution in [2.45, 2.75) is 108 Å². The quantitative estimate of drug-likeness (QED) is 0.201. The number of fused-ring (bicyclic) bond motifs is 1. The minimum Gasteiger partial charge on any atom is -0.481 e. The van der Waals surface area contributed by atoms with E-state index in [4.69, 9.17) is 5.73 Å². The monoisotopic (exact) mass is 647 g/mol. The fraction of sp³-hybridized carbons (Fsp3) is 0.578. The predicted molar refractivity (Wildman–Crippen MR) is 200 cm³/mol. The number of carbonyl (C=O) groups is 1. The van der Waals surface area contributed by atoms with Gasteiger partial charge >= 0.3 is 5.97 Å². The highest BCUT2D eigenvalue weighted by Crippen LogP contribution is 2.57. The van der Waals surface area contributed by atoms with Gasteiger partial charge in [-0.05, 0) is 110 Å². The molecule has 0 aromatic heterocycles. The highest BCUT2D eigenvalue weighted by molar-refractivity contribution is 5.73. The molecular formula is C45H61NO2. The Morgan fingerprint density at radius 3 is 2.21 bits per heavy atom. The Balaban J connectivity index is 1.28. The molecule has 3 nitrogen and oxygen atoms in total. The molecule has 2 aromatic rings. The van der Waals surface area contributed by atoms with Crippen molar-refractivity contribution in [1.29, 1.82) is 0 Å². The maximum atomic E-state index is 13.1. The van der Waals surface area contributed by atoms with Crippen LogP contribution in [-0.4, -0.2) is 17.6 Å². The average Bonchev–Trinajstić information content (AvgIpc) is 3.14. The molecule has 0 amide bonds. The van der Waals surface area contributed by atoms with Crippen LogP contribution < -0.4 is 5.73 Å². The molecule has 0 bridgehead atoms. The summed E-state index contributed by atoms with van der Waals surface area (Å²) >= 11 is 0. The largest absolute Gasteiger partial charge is 0.481 e. The molecule has 6 rings (SSSR count). The maximum Gasteiger partial charge on any atom is 0.310 e. The van der Waals surface area contributed by atoms with Crippen molar-refractivity contribution in [2.24, 2.45) is 53.1 Å². The molecular weight excluding hydrogens is 587 g/mol. The Bertz CT molecular complexity index is 1350. The number of benzene rings is 2. The molecule has 7 unspecified atom stereocenters. The summed E-state index contributed by atoms with van der Waals surface area (Å²) < 4.78 is 0. The molecule has 3 N–H and O–H groups in total. The second kappa shape index (κ2) is 17.1. The number of nitrogens with two attached hydrogens (primary N) is 1. The van der Waals surface area contributed by atoms with Crippen molar-refractivity contribution >= 4 is 5.97 Å². The van der Waals surface area contributed by atoms with E-state index in [1.54, 1.807) is 0 Å². The van der Waals surface area contributed by atoms with Gasteiger partial charge in [0.15, 0.2) is 0 Å². The van der Waals surface area contributed by atoms with E-state index in [9.17, 15) is 9.90 Å². The number of hydrogen-bond donors (Lipinski definition) is 2. The summed E-state index contributed by atoms with van der Waals surface area (Å²) in [5.74, 6) is 1.37. The molecule has 2 saturated carbocycles. The predicted octanol–water partition coefficient (Wildman–Crippen LogP) is 10.7. The van der Waals surface area contributed by atoms with E-state index < -0.39 is 11.9 Å². The van der Waals surface area contributed by atoms with E-state index in [0.717, 1.165) is 44.4 Å². The Hall–Kier alpha value is -2.91. The van der Waals surface area contributed by atoms with E-state index in [1.807, 2.05) is 6.08 Å². The molecule has 258 valence electrons. The van der Waals surface area contributed by atoms with Crippen LogP contribution in [0.25, 0.3) is 0 Å². The number of aliphatic carboxylic acids is 1. The molecule has 0 radical (unpaired) electrons. The van der Waals surface area contributed by atoms with Gasteiger partial charge < -0.3 is 10.8 Å². The van der Waals surface area contributed by atoms with Gasteiger partial charge in [-0.25, -0.2) is 0 Å². The summed E-state index contributed by atoms with van der Waals surface area (Å²) in [5, 5.41) is 10.7. The number of rotatable bonds is 14. The van der Waals surface area contributed by atoms with E-state index in [2.05, 4.69) is 91.0 Å². The molecule has 4 aliphatic carbocycles. The van der Waals surface area contributed by atoms with Crippen LogP contribution in [-0.2, 0) is 16.6 Å². The summed E-state index contributed by atoms with van der Waals surface area (Å²) in [5.41, 5.74) is 9.36. The Morgan fingerprint density at radius 1 is 0.812 bits per heavy atom. The normalized spacial score (nSPS) is 29.4. The summed E-state index contributed by atoms with van der Waals surface area (Å²) in [7, 11) is 0. The van der Waals surface area contributed by atoms with Crippen LogP contribution in [0.5, 0.6) is 0 Å². The van der Waals surface area contributed by atoms with E-state index in [-0.39, 0.29) is 29.1 Å². The standard InChI is InChI=1S/C45H61NO2/c46-33-38-26-28-40(44(47)48)43-41(45(30-14-5-15-31-45)39-22-12-4-13-23-39)29-27-37(42(38)43)32-36(25-24-35-19-9-2-10-20-35)21-11-3-8-18-34-16-6-1-7-17-34/h2-4,9-13,19-20,22-23,26-29,34,36-38,40-43H,1,5-8,14-18,21,24-25,30-33,46H2,(H,47,48). The summed E-state index contributed by atoms with van der Waals surface area (Å²) in [6, 6.07) is 22.0. The van der Waals surface area contributed by atoms with Gasteiger partial charge in [0.05, 0.1) is 5.92 Å². The van der Waals surface area contributed by atoms with Crippen molar-refractivity contribution in [3.63, 3.8) is 0 Å². The zero-order valence-electron chi connectivity index (χ0n) is 29.3. The summed E-state index contributed by atoms with van der Waals surface area (Å²) in [4.78, 5) is 13.1. The Morgan fingerprint density at radius 2 is 1.50 bits per heavy atom. The SMILES string of the molecule is NCC1C=CC(C(=O)O)C2C1C(CC(CC=CCCC1CCCCC1)CCc1ccccc1)C=CC2C1(c2ccccc2)CCCCC1. The first-order chi connectivity index (χ1) is 23.6. The van der Waals surface area contributed by atoms with Crippen LogP contribution in [0.2, 0.25) is 0 Å². The summed E-state index contributed by atoms with van der Waals surface area (Å²) in [6.07, 6.45) is 34.3. The van der Waals surface area contributed by atoms with Gasteiger partial charge in [-0.3, -0.25) is 4.79 Å². The molecule has 3 heteroatoms. The van der Waals surface area contributed by atoms with E-state index >= 15 is 0 Å². The minimum absolute atomic E-state index is 0.0181. The first-order valence-corrected chi connectivity index (χ1v) is 19.6. The van der Waals surface area contributed by atoms with E-state index in [0.29, 0.717) is 18.4 Å². The van der Waals surface area contributed by atoms with E-state index in [1.165, 1.54) is 75.3 Å². The molecule has 0 saturated heterocycles. The fourth-order valence-corrected chi connectivity index (χ4v) is 10.6. The van der Waals surface area contributed by atoms with Gasteiger partial charge in [0.25, 0.3) is 0 Å². The van der Waals surface area contributed by atoms with Gasteiger partial charge in [0, 0.05) is 5.41 Å². The van der Waals surface area contributed by atoms with Gasteiger partial charge in [-0.2, -0.15) is 0 Å². The molecule has 7 atom stereocenters. The average molecular weight is 648 g/mol. The number of carboxylic acid groups (broad SMARTS) is 1. The highest BCUT2D eigenvalue weighted by atomic mass is 16.4.